The summed E-state index contributed by atoms with van der Waals surface area (Å²) in [5.74, 6) is -0.441. The Morgan fingerprint density at radius 3 is 2.57 bits per heavy atom. The van der Waals surface area contributed by atoms with Crippen molar-refractivity contribution in [1.29, 1.82) is 0 Å². The molecule has 1 aromatic heterocycles. The van der Waals surface area contributed by atoms with Crippen molar-refractivity contribution in [2.75, 3.05) is 0 Å². The molecule has 2 aromatic carbocycles. The molecule has 0 radical (unpaired) electrons. The van der Waals surface area contributed by atoms with Gasteiger partial charge in [0.15, 0.2) is 0 Å². The van der Waals surface area contributed by atoms with Gasteiger partial charge in [0.25, 0.3) is 0 Å². The van der Waals surface area contributed by atoms with Crippen LogP contribution >= 0.6 is 11.6 Å². The maximum atomic E-state index is 13.1. The van der Waals surface area contributed by atoms with Crippen LogP contribution in [0.4, 0.5) is 10.1 Å². The van der Waals surface area contributed by atoms with Gasteiger partial charge in [-0.15, -0.1) is 0 Å². The van der Waals surface area contributed by atoms with Gasteiger partial charge in [-0.2, -0.15) is 0 Å². The third-order valence-electron chi connectivity index (χ3n) is 3.06. The molecule has 1 heterocycles. The van der Waals surface area contributed by atoms with Crippen molar-refractivity contribution < 1.29 is 4.39 Å². The molecule has 0 amide bonds. The van der Waals surface area contributed by atoms with Gasteiger partial charge in [-0.3, -0.25) is 4.99 Å². The first kappa shape index (κ1) is 13.6. The topological polar surface area (TPSA) is 17.3 Å². The van der Waals surface area contributed by atoms with E-state index < -0.39 is 5.82 Å². The Balaban J connectivity index is 1.90. The minimum absolute atomic E-state index is 0.0723. The Kier molecular flexibility index (Phi) is 3.84. The van der Waals surface area contributed by atoms with E-state index >= 15 is 0 Å². The summed E-state index contributed by atoms with van der Waals surface area (Å²) in [5, 5.41) is 0.0723. The fourth-order valence-corrected chi connectivity index (χ4v) is 2.20. The van der Waals surface area contributed by atoms with Gasteiger partial charge in [0, 0.05) is 11.9 Å². The van der Waals surface area contributed by atoms with E-state index in [1.807, 2.05) is 53.2 Å². The van der Waals surface area contributed by atoms with Crippen LogP contribution in [0.2, 0.25) is 5.02 Å². The fourth-order valence-electron chi connectivity index (χ4n) is 2.03. The van der Waals surface area contributed by atoms with E-state index in [-0.39, 0.29) is 5.02 Å². The standard InChI is InChI=1S/C17H12ClFN2/c18-16-11-13(8-9-17(16)19)20-12-15-7-4-10-21(15)14-5-2-1-3-6-14/h1-12H. The molecule has 21 heavy (non-hydrogen) atoms. The average molecular weight is 299 g/mol. The van der Waals surface area contributed by atoms with E-state index in [9.17, 15) is 4.39 Å². The van der Waals surface area contributed by atoms with Crippen molar-refractivity contribution >= 4 is 23.5 Å². The quantitative estimate of drug-likeness (QED) is 0.604. The average Bonchev–Trinajstić information content (AvgIpc) is 2.98. The number of nitrogens with zero attached hydrogens (tertiary/aromatic N) is 2. The molecular formula is C17H12ClFN2. The summed E-state index contributed by atoms with van der Waals surface area (Å²) in [6.07, 6.45) is 3.70. The Morgan fingerprint density at radius 1 is 1.00 bits per heavy atom. The molecule has 3 rings (SSSR count). The van der Waals surface area contributed by atoms with Crippen molar-refractivity contribution in [2.45, 2.75) is 0 Å². The highest BCUT2D eigenvalue weighted by molar-refractivity contribution is 6.31. The molecule has 0 atom stereocenters. The van der Waals surface area contributed by atoms with E-state index in [0.717, 1.165) is 11.4 Å². The summed E-state index contributed by atoms with van der Waals surface area (Å²) in [7, 11) is 0. The highest BCUT2D eigenvalue weighted by Crippen LogP contribution is 2.21. The Morgan fingerprint density at radius 2 is 1.81 bits per heavy atom. The zero-order valence-corrected chi connectivity index (χ0v) is 11.8. The fraction of sp³-hybridized carbons (Fsp3) is 0. The maximum absolute atomic E-state index is 13.1. The molecular weight excluding hydrogens is 287 g/mol. The third-order valence-corrected chi connectivity index (χ3v) is 3.35. The van der Waals surface area contributed by atoms with Crippen molar-refractivity contribution in [3.8, 4) is 5.69 Å². The molecule has 4 heteroatoms. The Hall–Kier alpha value is -2.39. The highest BCUT2D eigenvalue weighted by Gasteiger charge is 2.02. The highest BCUT2D eigenvalue weighted by atomic mass is 35.5. The van der Waals surface area contributed by atoms with Crippen LogP contribution < -0.4 is 0 Å². The number of aromatic nitrogens is 1. The molecule has 0 fully saturated rings. The van der Waals surface area contributed by atoms with Crippen molar-refractivity contribution in [1.82, 2.24) is 4.57 Å². The van der Waals surface area contributed by atoms with Crippen LogP contribution in [-0.4, -0.2) is 10.8 Å². The van der Waals surface area contributed by atoms with Crippen molar-refractivity contribution in [3.63, 3.8) is 0 Å². The molecule has 0 aliphatic carbocycles. The predicted molar refractivity (Wildman–Crippen MR) is 84.4 cm³/mol. The number of halogens is 2. The SMILES string of the molecule is Fc1ccc(N=Cc2cccn2-c2ccccc2)cc1Cl. The second-order valence-corrected chi connectivity index (χ2v) is 4.90. The molecule has 0 spiro atoms. The molecule has 0 unspecified atom stereocenters. The summed E-state index contributed by atoms with van der Waals surface area (Å²) >= 11 is 5.75. The van der Waals surface area contributed by atoms with E-state index in [1.165, 1.54) is 12.1 Å². The molecule has 2 nitrogen and oxygen atoms in total. The van der Waals surface area contributed by atoms with Gasteiger partial charge in [0.05, 0.1) is 22.6 Å². The smallest absolute Gasteiger partial charge is 0.141 e. The lowest BCUT2D eigenvalue weighted by atomic mass is 10.3. The molecule has 104 valence electrons. The normalized spacial score (nSPS) is 11.1. The van der Waals surface area contributed by atoms with Gasteiger partial charge < -0.3 is 4.57 Å². The molecule has 0 bridgehead atoms. The summed E-state index contributed by atoms with van der Waals surface area (Å²) in [6, 6.07) is 18.3. The minimum atomic E-state index is -0.441. The zero-order valence-electron chi connectivity index (χ0n) is 11.1. The van der Waals surface area contributed by atoms with Crippen LogP contribution in [-0.2, 0) is 0 Å². The van der Waals surface area contributed by atoms with Crippen molar-refractivity contribution in [2.24, 2.45) is 4.99 Å². The van der Waals surface area contributed by atoms with Crippen molar-refractivity contribution in [3.05, 3.63) is 83.4 Å². The van der Waals surface area contributed by atoms with Gasteiger partial charge in [-0.1, -0.05) is 29.8 Å². The van der Waals surface area contributed by atoms with Gasteiger partial charge in [0.1, 0.15) is 5.82 Å². The van der Waals surface area contributed by atoms with Crippen LogP contribution in [0.5, 0.6) is 0 Å². The first-order valence-electron chi connectivity index (χ1n) is 6.46. The van der Waals surface area contributed by atoms with Gasteiger partial charge in [0.2, 0.25) is 0 Å². The number of benzene rings is 2. The Labute approximate surface area is 127 Å². The van der Waals surface area contributed by atoms with Gasteiger partial charge >= 0.3 is 0 Å². The first-order valence-corrected chi connectivity index (χ1v) is 6.84. The molecule has 0 saturated carbocycles. The lowest BCUT2D eigenvalue weighted by molar-refractivity contribution is 0.628. The van der Waals surface area contributed by atoms with Crippen LogP contribution in [0.1, 0.15) is 5.69 Å². The number of hydrogen-bond acceptors (Lipinski definition) is 1. The second-order valence-electron chi connectivity index (χ2n) is 4.50. The van der Waals surface area contributed by atoms with Gasteiger partial charge in [-0.05, 0) is 42.5 Å². The summed E-state index contributed by atoms with van der Waals surface area (Å²) in [5.41, 5.74) is 2.60. The second kappa shape index (κ2) is 5.94. The summed E-state index contributed by atoms with van der Waals surface area (Å²) in [4.78, 5) is 4.34. The number of rotatable bonds is 3. The monoisotopic (exact) mass is 298 g/mol. The van der Waals surface area contributed by atoms with E-state index in [1.54, 1.807) is 12.3 Å². The third kappa shape index (κ3) is 3.03. The van der Waals surface area contributed by atoms with Crippen LogP contribution in [0, 0.1) is 5.82 Å². The number of hydrogen-bond donors (Lipinski definition) is 0. The lowest BCUT2D eigenvalue weighted by Crippen LogP contribution is -1.97. The van der Waals surface area contributed by atoms with Crippen LogP contribution in [0.3, 0.4) is 0 Å². The number of para-hydroxylation sites is 1. The first-order chi connectivity index (χ1) is 10.2. The van der Waals surface area contributed by atoms with Crippen LogP contribution in [0.15, 0.2) is 71.9 Å². The molecule has 0 saturated heterocycles. The maximum Gasteiger partial charge on any atom is 0.141 e. The van der Waals surface area contributed by atoms with E-state index in [4.69, 9.17) is 11.6 Å². The molecule has 0 aliphatic heterocycles. The number of aliphatic imine (C=N–C) groups is 1. The Bertz CT molecular complexity index is 778. The largest absolute Gasteiger partial charge is 0.316 e. The minimum Gasteiger partial charge on any atom is -0.316 e. The summed E-state index contributed by atoms with van der Waals surface area (Å²) in [6.45, 7) is 0. The summed E-state index contributed by atoms with van der Waals surface area (Å²) < 4.78 is 15.1. The van der Waals surface area contributed by atoms with E-state index in [2.05, 4.69) is 4.99 Å². The zero-order chi connectivity index (χ0) is 14.7. The predicted octanol–water partition coefficient (Wildman–Crippen LogP) is 5.02. The molecule has 0 aliphatic rings. The molecule has 3 aromatic rings. The van der Waals surface area contributed by atoms with E-state index in [0.29, 0.717) is 5.69 Å². The lowest BCUT2D eigenvalue weighted by Gasteiger charge is -2.05. The molecule has 0 N–H and O–H groups in total. The van der Waals surface area contributed by atoms with Gasteiger partial charge in [-0.25, -0.2) is 4.39 Å². The van der Waals surface area contributed by atoms with Crippen LogP contribution in [0.25, 0.3) is 5.69 Å².